The summed E-state index contributed by atoms with van der Waals surface area (Å²) in [6, 6.07) is 21.0. The van der Waals surface area contributed by atoms with Gasteiger partial charge in [0.05, 0.1) is 34.0 Å². The molecule has 0 spiro atoms. The molecule has 0 aliphatic carbocycles. The molecule has 8 heteroatoms. The Balaban J connectivity index is 1.88. The van der Waals surface area contributed by atoms with E-state index in [2.05, 4.69) is 11.4 Å². The highest BCUT2D eigenvalue weighted by molar-refractivity contribution is 6.34. The molecule has 34 heavy (non-hydrogen) atoms. The van der Waals surface area contributed by atoms with Crippen LogP contribution in [0.5, 0.6) is 11.5 Å². The van der Waals surface area contributed by atoms with Crippen molar-refractivity contribution in [2.75, 3.05) is 11.9 Å². The Morgan fingerprint density at radius 1 is 1.03 bits per heavy atom. The van der Waals surface area contributed by atoms with Gasteiger partial charge in [-0.3, -0.25) is 4.79 Å². The number of anilines is 1. The molecule has 0 unspecified atom stereocenters. The fraction of sp³-hybridized carbons (Fsp3) is 0.115. The van der Waals surface area contributed by atoms with E-state index >= 15 is 0 Å². The van der Waals surface area contributed by atoms with Gasteiger partial charge in [-0.25, -0.2) is 0 Å². The van der Waals surface area contributed by atoms with Gasteiger partial charge >= 0.3 is 0 Å². The van der Waals surface area contributed by atoms with E-state index in [0.29, 0.717) is 45.5 Å². The smallest absolute Gasteiger partial charge is 0.266 e. The minimum Gasteiger partial charge on any atom is -0.490 e. The number of rotatable bonds is 8. The third kappa shape index (κ3) is 6.08. The van der Waals surface area contributed by atoms with E-state index in [-0.39, 0.29) is 17.2 Å². The van der Waals surface area contributed by atoms with Crippen molar-refractivity contribution in [3.8, 4) is 23.6 Å². The standard InChI is InChI=1S/C26H19Cl2N3O3/c1-2-33-24-13-17(11-20(15-30)26(32)31-23-10-6-5-9-21(23)27)12-22(28)25(24)34-16-19-8-4-3-7-18(19)14-29/h3-13H,2,16H2,1H3,(H,31,32)/b20-11+. The van der Waals surface area contributed by atoms with Gasteiger partial charge in [-0.05, 0) is 48.9 Å². The Labute approximate surface area is 207 Å². The fourth-order valence-corrected chi connectivity index (χ4v) is 3.50. The molecule has 0 fully saturated rings. The number of carbonyl (C=O) groups excluding carboxylic acids is 1. The number of amides is 1. The molecule has 0 heterocycles. The number of para-hydroxylation sites is 1. The number of nitrogens with one attached hydrogen (secondary N) is 1. The molecule has 0 atom stereocenters. The lowest BCUT2D eigenvalue weighted by Crippen LogP contribution is -2.13. The normalized spacial score (nSPS) is 10.7. The number of benzene rings is 3. The van der Waals surface area contributed by atoms with E-state index in [4.69, 9.17) is 32.7 Å². The van der Waals surface area contributed by atoms with Crippen molar-refractivity contribution in [2.45, 2.75) is 13.5 Å². The first-order chi connectivity index (χ1) is 16.5. The van der Waals surface area contributed by atoms with Crippen molar-refractivity contribution in [3.63, 3.8) is 0 Å². The average Bonchev–Trinajstić information content (AvgIpc) is 2.83. The Morgan fingerprint density at radius 3 is 2.47 bits per heavy atom. The van der Waals surface area contributed by atoms with Crippen LogP contribution in [0.4, 0.5) is 5.69 Å². The van der Waals surface area contributed by atoms with Crippen LogP contribution in [-0.4, -0.2) is 12.5 Å². The molecule has 6 nitrogen and oxygen atoms in total. The summed E-state index contributed by atoms with van der Waals surface area (Å²) in [6.45, 7) is 2.26. The van der Waals surface area contributed by atoms with Crippen molar-refractivity contribution in [2.24, 2.45) is 0 Å². The Kier molecular flexibility index (Phi) is 8.54. The molecule has 170 valence electrons. The average molecular weight is 492 g/mol. The van der Waals surface area contributed by atoms with E-state index in [9.17, 15) is 15.3 Å². The Morgan fingerprint density at radius 2 is 1.76 bits per heavy atom. The van der Waals surface area contributed by atoms with Crippen LogP contribution in [0.3, 0.4) is 0 Å². The maximum absolute atomic E-state index is 12.6. The molecule has 1 N–H and O–H groups in total. The number of hydrogen-bond acceptors (Lipinski definition) is 5. The Hall–Kier alpha value is -3.97. The maximum Gasteiger partial charge on any atom is 0.266 e. The minimum absolute atomic E-state index is 0.113. The quantitative estimate of drug-likeness (QED) is 0.291. The lowest BCUT2D eigenvalue weighted by atomic mass is 10.1. The highest BCUT2D eigenvalue weighted by Crippen LogP contribution is 2.38. The van der Waals surface area contributed by atoms with Crippen LogP contribution in [0.25, 0.3) is 6.08 Å². The van der Waals surface area contributed by atoms with Crippen molar-refractivity contribution in [3.05, 3.63) is 93.0 Å². The van der Waals surface area contributed by atoms with Crippen LogP contribution < -0.4 is 14.8 Å². The summed E-state index contributed by atoms with van der Waals surface area (Å²) in [4.78, 5) is 12.6. The number of carbonyl (C=O) groups is 1. The van der Waals surface area contributed by atoms with E-state index in [1.807, 2.05) is 19.1 Å². The largest absolute Gasteiger partial charge is 0.490 e. The van der Waals surface area contributed by atoms with Gasteiger partial charge in [0.15, 0.2) is 11.5 Å². The van der Waals surface area contributed by atoms with Gasteiger partial charge in [0.1, 0.15) is 18.2 Å². The summed E-state index contributed by atoms with van der Waals surface area (Å²) < 4.78 is 11.6. The third-order valence-electron chi connectivity index (χ3n) is 4.64. The molecule has 0 aliphatic heterocycles. The zero-order chi connectivity index (χ0) is 24.5. The van der Waals surface area contributed by atoms with Crippen LogP contribution >= 0.6 is 23.2 Å². The second-order valence-corrected chi connectivity index (χ2v) is 7.74. The predicted octanol–water partition coefficient (Wildman–Crippen LogP) is 6.39. The van der Waals surface area contributed by atoms with Gasteiger partial charge in [-0.2, -0.15) is 10.5 Å². The van der Waals surface area contributed by atoms with Gasteiger partial charge in [0.2, 0.25) is 0 Å². The fourth-order valence-electron chi connectivity index (χ4n) is 3.05. The van der Waals surface area contributed by atoms with Crippen molar-refractivity contribution in [1.29, 1.82) is 10.5 Å². The number of nitriles is 2. The highest BCUT2D eigenvalue weighted by Gasteiger charge is 2.16. The number of halogens is 2. The molecule has 0 bridgehead atoms. The molecule has 0 aromatic heterocycles. The maximum atomic E-state index is 12.6. The molecule has 0 radical (unpaired) electrons. The second-order valence-electron chi connectivity index (χ2n) is 6.92. The van der Waals surface area contributed by atoms with Crippen LogP contribution in [0, 0.1) is 22.7 Å². The molecular weight excluding hydrogens is 473 g/mol. The summed E-state index contributed by atoms with van der Waals surface area (Å²) in [7, 11) is 0. The summed E-state index contributed by atoms with van der Waals surface area (Å²) in [5.74, 6) is 0.0325. The monoisotopic (exact) mass is 491 g/mol. The van der Waals surface area contributed by atoms with Gasteiger partial charge in [-0.1, -0.05) is 53.5 Å². The summed E-state index contributed by atoms with van der Waals surface area (Å²) in [5, 5.41) is 22.0. The predicted molar refractivity (Wildman–Crippen MR) is 132 cm³/mol. The molecule has 0 aliphatic rings. The highest BCUT2D eigenvalue weighted by atomic mass is 35.5. The summed E-state index contributed by atoms with van der Waals surface area (Å²) in [6.07, 6.45) is 1.40. The van der Waals surface area contributed by atoms with Gasteiger partial charge in [0, 0.05) is 5.56 Å². The van der Waals surface area contributed by atoms with Gasteiger partial charge < -0.3 is 14.8 Å². The number of hydrogen-bond donors (Lipinski definition) is 1. The first-order valence-electron chi connectivity index (χ1n) is 10.2. The lowest BCUT2D eigenvalue weighted by Gasteiger charge is -2.15. The molecular formula is C26H19Cl2N3O3. The first kappa shape index (κ1) is 24.7. The van der Waals surface area contributed by atoms with Crippen molar-refractivity contribution in [1.82, 2.24) is 0 Å². The van der Waals surface area contributed by atoms with Crippen LogP contribution in [-0.2, 0) is 11.4 Å². The minimum atomic E-state index is -0.613. The summed E-state index contributed by atoms with van der Waals surface area (Å²) >= 11 is 12.5. The SMILES string of the molecule is CCOc1cc(/C=C(\C#N)C(=O)Nc2ccccc2Cl)cc(Cl)c1OCc1ccccc1C#N. The van der Waals surface area contributed by atoms with E-state index < -0.39 is 5.91 Å². The Bertz CT molecular complexity index is 1320. The van der Waals surface area contributed by atoms with Gasteiger partial charge in [0.25, 0.3) is 5.91 Å². The molecule has 3 rings (SSSR count). The van der Waals surface area contributed by atoms with E-state index in [1.54, 1.807) is 54.6 Å². The molecule has 0 saturated carbocycles. The zero-order valence-electron chi connectivity index (χ0n) is 18.1. The van der Waals surface area contributed by atoms with E-state index in [0.717, 1.165) is 0 Å². The second kappa shape index (κ2) is 11.8. The van der Waals surface area contributed by atoms with Crippen molar-refractivity contribution >= 4 is 40.9 Å². The topological polar surface area (TPSA) is 95.1 Å². The molecule has 3 aromatic rings. The molecule has 3 aromatic carbocycles. The van der Waals surface area contributed by atoms with Crippen LogP contribution in [0.15, 0.2) is 66.2 Å². The zero-order valence-corrected chi connectivity index (χ0v) is 19.7. The van der Waals surface area contributed by atoms with Crippen LogP contribution in [0.1, 0.15) is 23.6 Å². The summed E-state index contributed by atoms with van der Waals surface area (Å²) in [5.41, 5.74) is 1.93. The molecule has 1 amide bonds. The lowest BCUT2D eigenvalue weighted by molar-refractivity contribution is -0.112. The number of nitrogens with zero attached hydrogens (tertiary/aromatic N) is 2. The van der Waals surface area contributed by atoms with Gasteiger partial charge in [-0.15, -0.1) is 0 Å². The first-order valence-corrected chi connectivity index (χ1v) is 11.0. The third-order valence-corrected chi connectivity index (χ3v) is 5.25. The van der Waals surface area contributed by atoms with Crippen LogP contribution in [0.2, 0.25) is 10.0 Å². The van der Waals surface area contributed by atoms with Crippen molar-refractivity contribution < 1.29 is 14.3 Å². The number of ether oxygens (including phenoxy) is 2. The molecule has 0 saturated heterocycles. The van der Waals surface area contributed by atoms with E-state index in [1.165, 1.54) is 6.08 Å².